The molecule has 0 radical (unpaired) electrons. The highest BCUT2D eigenvalue weighted by Crippen LogP contribution is 2.47. The van der Waals surface area contributed by atoms with Gasteiger partial charge in [-0.1, -0.05) is 24.7 Å². The summed E-state index contributed by atoms with van der Waals surface area (Å²) < 4.78 is 0. The number of carbonyl (C=O) groups is 1. The van der Waals surface area contributed by atoms with Gasteiger partial charge in [0, 0.05) is 24.2 Å². The second-order valence-corrected chi connectivity index (χ2v) is 6.05. The first-order valence-electron chi connectivity index (χ1n) is 7.06. The Labute approximate surface area is 108 Å². The van der Waals surface area contributed by atoms with Crippen molar-refractivity contribution in [3.8, 4) is 11.8 Å². The van der Waals surface area contributed by atoms with E-state index >= 15 is 0 Å². The van der Waals surface area contributed by atoms with E-state index in [9.17, 15) is 15.0 Å². The fourth-order valence-electron chi connectivity index (χ4n) is 3.71. The third-order valence-electron chi connectivity index (χ3n) is 4.99. The predicted octanol–water partition coefficient (Wildman–Crippen LogP) is 1.13. The molecular formula is C15H20O3. The van der Waals surface area contributed by atoms with Crippen LogP contribution in [0.1, 0.15) is 38.5 Å². The highest BCUT2D eigenvalue weighted by Gasteiger charge is 2.52. The smallest absolute Gasteiger partial charge is 0.136 e. The van der Waals surface area contributed by atoms with Crippen molar-refractivity contribution in [2.75, 3.05) is 0 Å². The number of carbonyl (C=O) groups excluding carboxylic acids is 1. The summed E-state index contributed by atoms with van der Waals surface area (Å²) in [5.41, 5.74) is 0. The van der Waals surface area contributed by atoms with E-state index < -0.39 is 12.2 Å². The van der Waals surface area contributed by atoms with Crippen LogP contribution in [0.2, 0.25) is 0 Å². The number of Topliss-reactive ketones (excluding diaryl/α,β-unsaturated/α-hetero) is 1. The molecule has 3 aliphatic rings. The number of hydrogen-bond donors (Lipinski definition) is 2. The van der Waals surface area contributed by atoms with Crippen molar-refractivity contribution in [2.24, 2.45) is 23.7 Å². The molecule has 3 rings (SSSR count). The van der Waals surface area contributed by atoms with Gasteiger partial charge in [0.2, 0.25) is 0 Å². The van der Waals surface area contributed by atoms with Gasteiger partial charge >= 0.3 is 0 Å². The Morgan fingerprint density at radius 1 is 1.28 bits per heavy atom. The van der Waals surface area contributed by atoms with E-state index in [0.29, 0.717) is 18.8 Å². The molecular weight excluding hydrogens is 228 g/mol. The molecule has 5 atom stereocenters. The van der Waals surface area contributed by atoms with Gasteiger partial charge < -0.3 is 10.2 Å². The normalized spacial score (nSPS) is 40.9. The molecule has 3 aliphatic carbocycles. The third kappa shape index (κ3) is 1.98. The lowest BCUT2D eigenvalue weighted by molar-refractivity contribution is -0.135. The van der Waals surface area contributed by atoms with Crippen LogP contribution in [0.3, 0.4) is 0 Å². The third-order valence-corrected chi connectivity index (χ3v) is 4.99. The Morgan fingerprint density at radius 2 is 2.00 bits per heavy atom. The second kappa shape index (κ2) is 4.68. The minimum absolute atomic E-state index is 0.0444. The Bertz CT molecular complexity index is 400. The van der Waals surface area contributed by atoms with Crippen molar-refractivity contribution in [3.63, 3.8) is 0 Å². The van der Waals surface area contributed by atoms with Crippen LogP contribution in [-0.2, 0) is 4.79 Å². The SMILES string of the molecule is O=C1CC2C1CC(C#CC(O)C1CCCC1)C2O. The maximum atomic E-state index is 11.3. The summed E-state index contributed by atoms with van der Waals surface area (Å²) in [4.78, 5) is 11.3. The van der Waals surface area contributed by atoms with Gasteiger partial charge in [0.05, 0.1) is 6.10 Å². The Morgan fingerprint density at radius 3 is 2.61 bits per heavy atom. The maximum absolute atomic E-state index is 11.3. The average Bonchev–Trinajstić information content (AvgIpc) is 2.95. The lowest BCUT2D eigenvalue weighted by Crippen LogP contribution is -2.38. The van der Waals surface area contributed by atoms with E-state index in [-0.39, 0.29) is 23.5 Å². The summed E-state index contributed by atoms with van der Waals surface area (Å²) in [6.07, 6.45) is 4.70. The molecule has 0 saturated heterocycles. The molecule has 98 valence electrons. The molecule has 0 bridgehead atoms. The summed E-state index contributed by atoms with van der Waals surface area (Å²) in [7, 11) is 0. The molecule has 0 aromatic heterocycles. The predicted molar refractivity (Wildman–Crippen MR) is 66.5 cm³/mol. The van der Waals surface area contributed by atoms with Crippen LogP contribution < -0.4 is 0 Å². The molecule has 3 nitrogen and oxygen atoms in total. The van der Waals surface area contributed by atoms with Crippen LogP contribution in [0.5, 0.6) is 0 Å². The highest BCUT2D eigenvalue weighted by molar-refractivity contribution is 5.88. The van der Waals surface area contributed by atoms with Gasteiger partial charge in [-0.15, -0.1) is 0 Å². The topological polar surface area (TPSA) is 57.5 Å². The summed E-state index contributed by atoms with van der Waals surface area (Å²) in [6.45, 7) is 0. The van der Waals surface area contributed by atoms with E-state index in [2.05, 4.69) is 11.8 Å². The molecule has 0 aromatic rings. The first-order chi connectivity index (χ1) is 8.66. The van der Waals surface area contributed by atoms with E-state index in [1.165, 1.54) is 12.8 Å². The zero-order valence-electron chi connectivity index (χ0n) is 10.5. The molecule has 18 heavy (non-hydrogen) atoms. The van der Waals surface area contributed by atoms with Crippen molar-refractivity contribution in [3.05, 3.63) is 0 Å². The van der Waals surface area contributed by atoms with Crippen LogP contribution in [0, 0.1) is 35.5 Å². The summed E-state index contributed by atoms with van der Waals surface area (Å²) >= 11 is 0. The zero-order valence-corrected chi connectivity index (χ0v) is 10.5. The average molecular weight is 248 g/mol. The monoisotopic (exact) mass is 248 g/mol. The molecule has 0 heterocycles. The number of rotatable bonds is 1. The van der Waals surface area contributed by atoms with E-state index in [1.54, 1.807) is 0 Å². The van der Waals surface area contributed by atoms with Crippen LogP contribution in [0.15, 0.2) is 0 Å². The Kier molecular flexibility index (Phi) is 3.17. The molecule has 0 spiro atoms. The van der Waals surface area contributed by atoms with E-state index in [0.717, 1.165) is 12.8 Å². The van der Waals surface area contributed by atoms with Gasteiger partial charge in [-0.25, -0.2) is 0 Å². The Hall–Kier alpha value is -0.850. The first-order valence-corrected chi connectivity index (χ1v) is 7.06. The highest BCUT2D eigenvalue weighted by atomic mass is 16.3. The van der Waals surface area contributed by atoms with Crippen molar-refractivity contribution >= 4 is 5.78 Å². The van der Waals surface area contributed by atoms with Crippen LogP contribution in [-0.4, -0.2) is 28.2 Å². The first kappa shape index (κ1) is 12.2. The summed E-state index contributed by atoms with van der Waals surface area (Å²) in [5.74, 6) is 6.61. The van der Waals surface area contributed by atoms with Crippen molar-refractivity contribution in [2.45, 2.75) is 50.7 Å². The standard InChI is InChI=1S/C15H20O3/c16-13(9-3-1-2-4-9)6-5-10-7-11-12(15(10)18)8-14(11)17/h9-13,15-16,18H,1-4,7-8H2. The van der Waals surface area contributed by atoms with Gasteiger partial charge in [-0.3, -0.25) is 4.79 Å². The molecule has 0 aromatic carbocycles. The van der Waals surface area contributed by atoms with Gasteiger partial charge in [0.15, 0.2) is 0 Å². The lowest BCUT2D eigenvalue weighted by Gasteiger charge is -2.29. The number of fused-ring (bicyclic) bond motifs is 1. The fourth-order valence-corrected chi connectivity index (χ4v) is 3.71. The maximum Gasteiger partial charge on any atom is 0.136 e. The molecule has 3 heteroatoms. The van der Waals surface area contributed by atoms with E-state index in [1.807, 2.05) is 0 Å². The molecule has 2 N–H and O–H groups in total. The molecule has 0 amide bonds. The largest absolute Gasteiger partial charge is 0.392 e. The van der Waals surface area contributed by atoms with Crippen LogP contribution >= 0.6 is 0 Å². The van der Waals surface area contributed by atoms with E-state index in [4.69, 9.17) is 0 Å². The van der Waals surface area contributed by atoms with Gasteiger partial charge in [0.25, 0.3) is 0 Å². The fraction of sp³-hybridized carbons (Fsp3) is 0.800. The lowest BCUT2D eigenvalue weighted by atomic mass is 9.74. The number of ketones is 1. The number of hydrogen-bond acceptors (Lipinski definition) is 3. The van der Waals surface area contributed by atoms with Gasteiger partial charge in [-0.05, 0) is 25.2 Å². The van der Waals surface area contributed by atoms with Crippen LogP contribution in [0.4, 0.5) is 0 Å². The zero-order chi connectivity index (χ0) is 12.7. The minimum Gasteiger partial charge on any atom is -0.392 e. The molecule has 3 fully saturated rings. The van der Waals surface area contributed by atoms with Crippen molar-refractivity contribution in [1.82, 2.24) is 0 Å². The summed E-state index contributed by atoms with van der Waals surface area (Å²) in [6, 6.07) is 0. The Balaban J connectivity index is 1.61. The number of aliphatic hydroxyl groups excluding tert-OH is 2. The van der Waals surface area contributed by atoms with Gasteiger partial charge in [0.1, 0.15) is 11.9 Å². The van der Waals surface area contributed by atoms with Crippen molar-refractivity contribution < 1.29 is 15.0 Å². The quantitative estimate of drug-likeness (QED) is 0.684. The van der Waals surface area contributed by atoms with Gasteiger partial charge in [-0.2, -0.15) is 0 Å². The number of aliphatic hydroxyl groups is 2. The minimum atomic E-state index is -0.548. The van der Waals surface area contributed by atoms with Crippen molar-refractivity contribution in [1.29, 1.82) is 0 Å². The van der Waals surface area contributed by atoms with Crippen LogP contribution in [0.25, 0.3) is 0 Å². The molecule has 3 saturated carbocycles. The molecule has 0 aliphatic heterocycles. The second-order valence-electron chi connectivity index (χ2n) is 6.05. The molecule has 5 unspecified atom stereocenters. The summed E-state index contributed by atoms with van der Waals surface area (Å²) in [5, 5.41) is 20.0.